The van der Waals surface area contributed by atoms with E-state index in [4.69, 9.17) is 5.73 Å². The summed E-state index contributed by atoms with van der Waals surface area (Å²) in [5, 5.41) is 6.82. The van der Waals surface area contributed by atoms with E-state index in [1.54, 1.807) is 11.0 Å². The average molecular weight is 312 g/mol. The summed E-state index contributed by atoms with van der Waals surface area (Å²) < 4.78 is 39.4. The number of rotatable bonds is 2. The van der Waals surface area contributed by atoms with Crippen LogP contribution in [0.4, 0.5) is 18.9 Å². The van der Waals surface area contributed by atoms with E-state index in [2.05, 4.69) is 15.2 Å². The number of pyridine rings is 1. The number of carbonyl (C=O) groups is 1. The van der Waals surface area contributed by atoms with Gasteiger partial charge in [-0.2, -0.15) is 13.2 Å². The van der Waals surface area contributed by atoms with Crippen LogP contribution < -0.4 is 10.6 Å². The van der Waals surface area contributed by atoms with Gasteiger partial charge in [0.05, 0.1) is 6.54 Å². The molecule has 2 aromatic heterocycles. The lowest BCUT2D eigenvalue weighted by Gasteiger charge is -2.29. The van der Waals surface area contributed by atoms with Crippen LogP contribution in [0.3, 0.4) is 0 Å². The highest BCUT2D eigenvalue weighted by Crippen LogP contribution is 2.30. The minimum atomic E-state index is -4.52. The van der Waals surface area contributed by atoms with E-state index in [1.807, 2.05) is 0 Å². The molecule has 0 fully saturated rings. The molecular formula is C12H11F3N6O. The summed E-state index contributed by atoms with van der Waals surface area (Å²) in [7, 11) is 0. The van der Waals surface area contributed by atoms with Gasteiger partial charge in [0.15, 0.2) is 5.82 Å². The molecular weight excluding hydrogens is 301 g/mol. The maximum Gasteiger partial charge on any atom is 0.451 e. The first-order chi connectivity index (χ1) is 10.4. The van der Waals surface area contributed by atoms with Crippen LogP contribution in [0.2, 0.25) is 0 Å². The summed E-state index contributed by atoms with van der Waals surface area (Å²) in [6.45, 7) is 0.590. The molecule has 22 heavy (non-hydrogen) atoms. The molecule has 0 unspecified atom stereocenters. The van der Waals surface area contributed by atoms with Gasteiger partial charge in [-0.05, 0) is 12.1 Å². The molecule has 0 atom stereocenters. The van der Waals surface area contributed by atoms with Gasteiger partial charge < -0.3 is 15.2 Å². The zero-order chi connectivity index (χ0) is 15.9. The number of halogens is 3. The third-order valence-electron chi connectivity index (χ3n) is 3.37. The minimum absolute atomic E-state index is 0.0977. The number of aromatic nitrogens is 4. The second-order valence-electron chi connectivity index (χ2n) is 4.77. The quantitative estimate of drug-likeness (QED) is 0.886. The van der Waals surface area contributed by atoms with Crippen molar-refractivity contribution in [3.63, 3.8) is 0 Å². The fourth-order valence-corrected chi connectivity index (χ4v) is 2.34. The molecule has 0 aromatic carbocycles. The Morgan fingerprint density at radius 2 is 2.05 bits per heavy atom. The van der Waals surface area contributed by atoms with Crippen LogP contribution in [0.1, 0.15) is 22.1 Å². The number of alkyl halides is 3. The lowest BCUT2D eigenvalue weighted by molar-refractivity contribution is -0.147. The number of anilines is 1. The number of nitrogens with zero attached hydrogens (tertiary/aromatic N) is 5. The summed E-state index contributed by atoms with van der Waals surface area (Å²) in [5.74, 6) is -1.44. The van der Waals surface area contributed by atoms with Crippen LogP contribution in [0, 0.1) is 0 Å². The van der Waals surface area contributed by atoms with Gasteiger partial charge in [-0.3, -0.25) is 9.78 Å². The standard InChI is InChI=1S/C12H11F3N6O/c13-12(14,15)11-19-18-9-6-20(3-4-21(9)11)7-1-2-17-8(5-7)10(16)22/h1-2,5H,3-4,6H2,(H2,16,22). The molecule has 3 rings (SSSR count). The molecule has 0 aliphatic carbocycles. The van der Waals surface area contributed by atoms with E-state index < -0.39 is 17.9 Å². The van der Waals surface area contributed by atoms with Crippen molar-refractivity contribution in [2.75, 3.05) is 11.4 Å². The molecule has 0 saturated carbocycles. The van der Waals surface area contributed by atoms with Gasteiger partial charge >= 0.3 is 6.18 Å². The van der Waals surface area contributed by atoms with Crippen molar-refractivity contribution in [1.29, 1.82) is 0 Å². The zero-order valence-electron chi connectivity index (χ0n) is 11.2. The SMILES string of the molecule is NC(=O)c1cc(N2CCn3c(nnc3C(F)(F)F)C2)ccn1. The van der Waals surface area contributed by atoms with Crippen molar-refractivity contribution in [3.05, 3.63) is 35.7 Å². The fourth-order valence-electron chi connectivity index (χ4n) is 2.34. The number of primary amides is 1. The third kappa shape index (κ3) is 2.47. The number of hydrogen-bond acceptors (Lipinski definition) is 5. The number of hydrogen-bond donors (Lipinski definition) is 1. The third-order valence-corrected chi connectivity index (χ3v) is 3.37. The smallest absolute Gasteiger partial charge is 0.364 e. The Morgan fingerprint density at radius 3 is 2.73 bits per heavy atom. The second kappa shape index (κ2) is 4.97. The molecule has 2 N–H and O–H groups in total. The van der Waals surface area contributed by atoms with Crippen molar-refractivity contribution in [1.82, 2.24) is 19.7 Å². The van der Waals surface area contributed by atoms with Crippen molar-refractivity contribution >= 4 is 11.6 Å². The van der Waals surface area contributed by atoms with Crippen molar-refractivity contribution in [2.24, 2.45) is 5.73 Å². The Kier molecular flexibility index (Phi) is 3.23. The molecule has 1 aliphatic rings. The van der Waals surface area contributed by atoms with E-state index in [0.717, 1.165) is 4.57 Å². The van der Waals surface area contributed by atoms with Crippen molar-refractivity contribution in [3.8, 4) is 0 Å². The maximum atomic E-state index is 12.8. The van der Waals surface area contributed by atoms with E-state index in [9.17, 15) is 18.0 Å². The van der Waals surface area contributed by atoms with Crippen molar-refractivity contribution < 1.29 is 18.0 Å². The number of fused-ring (bicyclic) bond motifs is 1. The molecule has 2 aromatic rings. The van der Waals surface area contributed by atoms with Gasteiger partial charge in [-0.25, -0.2) is 0 Å². The molecule has 1 amide bonds. The van der Waals surface area contributed by atoms with Crippen LogP contribution in [0.15, 0.2) is 18.3 Å². The van der Waals surface area contributed by atoms with Gasteiger partial charge in [0.2, 0.25) is 5.82 Å². The normalized spacial score (nSPS) is 14.8. The second-order valence-corrected chi connectivity index (χ2v) is 4.77. The summed E-state index contributed by atoms with van der Waals surface area (Å²) in [5.41, 5.74) is 5.91. The Bertz CT molecular complexity index is 726. The Labute approximate surface area is 122 Å². The van der Waals surface area contributed by atoms with Gasteiger partial charge in [-0.15, -0.1) is 10.2 Å². The van der Waals surface area contributed by atoms with Crippen LogP contribution in [-0.4, -0.2) is 32.2 Å². The Morgan fingerprint density at radius 1 is 1.27 bits per heavy atom. The minimum Gasteiger partial charge on any atom is -0.364 e. The van der Waals surface area contributed by atoms with E-state index in [-0.39, 0.29) is 24.6 Å². The highest BCUT2D eigenvalue weighted by atomic mass is 19.4. The highest BCUT2D eigenvalue weighted by molar-refractivity contribution is 5.91. The lowest BCUT2D eigenvalue weighted by Crippen LogP contribution is -2.35. The van der Waals surface area contributed by atoms with E-state index in [1.165, 1.54) is 12.3 Å². The van der Waals surface area contributed by atoms with Gasteiger partial charge in [0.25, 0.3) is 5.91 Å². The molecule has 116 valence electrons. The first-order valence-electron chi connectivity index (χ1n) is 6.36. The van der Waals surface area contributed by atoms with Crippen LogP contribution in [0.25, 0.3) is 0 Å². The fraction of sp³-hybridized carbons (Fsp3) is 0.333. The Balaban J connectivity index is 1.88. The van der Waals surface area contributed by atoms with E-state index >= 15 is 0 Å². The summed E-state index contributed by atoms with van der Waals surface area (Å²) in [6.07, 6.45) is -3.10. The summed E-state index contributed by atoms with van der Waals surface area (Å²) in [6, 6.07) is 3.15. The molecule has 7 nitrogen and oxygen atoms in total. The van der Waals surface area contributed by atoms with Crippen LogP contribution >= 0.6 is 0 Å². The van der Waals surface area contributed by atoms with Gasteiger partial charge in [-0.1, -0.05) is 0 Å². The van der Waals surface area contributed by atoms with Crippen LogP contribution in [-0.2, 0) is 19.3 Å². The molecule has 0 bridgehead atoms. The predicted molar refractivity (Wildman–Crippen MR) is 68.8 cm³/mol. The molecule has 3 heterocycles. The molecule has 0 spiro atoms. The molecule has 0 radical (unpaired) electrons. The number of amides is 1. The average Bonchev–Trinajstić information content (AvgIpc) is 2.90. The molecule has 1 aliphatic heterocycles. The number of nitrogens with two attached hydrogens (primary N) is 1. The lowest BCUT2D eigenvalue weighted by atomic mass is 10.2. The topological polar surface area (TPSA) is 89.9 Å². The summed E-state index contributed by atoms with van der Waals surface area (Å²) in [4.78, 5) is 16.8. The van der Waals surface area contributed by atoms with E-state index in [0.29, 0.717) is 12.2 Å². The predicted octanol–water partition coefficient (Wildman–Crippen LogP) is 0.811. The molecule has 10 heteroatoms. The summed E-state index contributed by atoms with van der Waals surface area (Å²) >= 11 is 0. The Hall–Kier alpha value is -2.65. The molecule has 0 saturated heterocycles. The van der Waals surface area contributed by atoms with Crippen LogP contribution in [0.5, 0.6) is 0 Å². The maximum absolute atomic E-state index is 12.8. The van der Waals surface area contributed by atoms with Crippen molar-refractivity contribution in [2.45, 2.75) is 19.3 Å². The first kappa shape index (κ1) is 14.3. The van der Waals surface area contributed by atoms with Gasteiger partial charge in [0, 0.05) is 25.0 Å². The highest BCUT2D eigenvalue weighted by Gasteiger charge is 2.39. The van der Waals surface area contributed by atoms with Gasteiger partial charge in [0.1, 0.15) is 5.69 Å². The monoisotopic (exact) mass is 312 g/mol. The number of carbonyl (C=O) groups excluding carboxylic acids is 1. The largest absolute Gasteiger partial charge is 0.451 e. The zero-order valence-corrected chi connectivity index (χ0v) is 11.2. The first-order valence-corrected chi connectivity index (χ1v) is 6.36.